The van der Waals surface area contributed by atoms with Crippen molar-refractivity contribution in [3.8, 4) is 5.75 Å². The van der Waals surface area contributed by atoms with Crippen LogP contribution in [-0.2, 0) is 14.8 Å². The van der Waals surface area contributed by atoms with Crippen LogP contribution in [0.3, 0.4) is 0 Å². The molecule has 144 valence electrons. The molecule has 1 amide bonds. The molecule has 0 aromatic heterocycles. The molecular weight excluding hydrogens is 374 g/mol. The number of anilines is 2. The second-order valence-corrected chi connectivity index (χ2v) is 7.32. The molecule has 0 spiro atoms. The third-order valence-corrected chi connectivity index (χ3v) is 4.91. The lowest BCUT2D eigenvalue weighted by atomic mass is 10.2. The van der Waals surface area contributed by atoms with Gasteiger partial charge in [-0.2, -0.15) is 0 Å². The van der Waals surface area contributed by atoms with Crippen LogP contribution in [-0.4, -0.2) is 25.9 Å². The van der Waals surface area contributed by atoms with E-state index in [1.54, 1.807) is 13.8 Å². The summed E-state index contributed by atoms with van der Waals surface area (Å²) in [4.78, 5) is 21.6. The lowest BCUT2D eigenvalue weighted by molar-refractivity contribution is -0.384. The van der Waals surface area contributed by atoms with Gasteiger partial charge in [0.2, 0.25) is 5.91 Å². The fourth-order valence-electron chi connectivity index (χ4n) is 2.28. The summed E-state index contributed by atoms with van der Waals surface area (Å²) in [6.07, 6.45) is 0. The number of ether oxygens (including phenoxy) is 1. The van der Waals surface area contributed by atoms with Crippen molar-refractivity contribution >= 4 is 33.0 Å². The van der Waals surface area contributed by atoms with Crippen LogP contribution in [0.25, 0.3) is 0 Å². The van der Waals surface area contributed by atoms with Crippen molar-refractivity contribution in [3.05, 3.63) is 52.1 Å². The first kappa shape index (κ1) is 20.2. The Balaban J connectivity index is 2.43. The zero-order valence-electron chi connectivity index (χ0n) is 15.0. The van der Waals surface area contributed by atoms with Gasteiger partial charge in [0.05, 0.1) is 27.8 Å². The Morgan fingerprint density at radius 1 is 1.19 bits per heavy atom. The lowest BCUT2D eigenvalue weighted by Crippen LogP contribution is -2.15. The Morgan fingerprint density at radius 3 is 2.48 bits per heavy atom. The molecule has 0 fully saturated rings. The minimum absolute atomic E-state index is 0.0964. The van der Waals surface area contributed by atoms with Crippen molar-refractivity contribution in [2.45, 2.75) is 25.7 Å². The van der Waals surface area contributed by atoms with E-state index in [0.717, 1.165) is 6.07 Å². The molecule has 9 nitrogen and oxygen atoms in total. The molecule has 0 atom stereocenters. The zero-order chi connectivity index (χ0) is 20.2. The van der Waals surface area contributed by atoms with Crippen LogP contribution in [0.5, 0.6) is 5.75 Å². The van der Waals surface area contributed by atoms with Crippen molar-refractivity contribution in [2.75, 3.05) is 16.6 Å². The van der Waals surface area contributed by atoms with E-state index < -0.39 is 14.9 Å². The third-order valence-electron chi connectivity index (χ3n) is 3.55. The monoisotopic (exact) mass is 393 g/mol. The average Bonchev–Trinajstić information content (AvgIpc) is 2.57. The second kappa shape index (κ2) is 8.04. The first-order valence-corrected chi connectivity index (χ1v) is 9.44. The summed E-state index contributed by atoms with van der Waals surface area (Å²) in [5.41, 5.74) is 0.600. The van der Waals surface area contributed by atoms with E-state index in [4.69, 9.17) is 4.74 Å². The molecule has 2 aromatic carbocycles. The summed E-state index contributed by atoms with van der Waals surface area (Å²) in [6, 6.07) is 7.92. The van der Waals surface area contributed by atoms with Gasteiger partial charge in [-0.3, -0.25) is 19.6 Å². The number of amides is 1. The van der Waals surface area contributed by atoms with Crippen molar-refractivity contribution in [3.63, 3.8) is 0 Å². The maximum absolute atomic E-state index is 12.7. The number of aryl methyl sites for hydroxylation is 1. The molecule has 0 saturated heterocycles. The summed E-state index contributed by atoms with van der Waals surface area (Å²) in [6.45, 7) is 5.02. The first-order valence-electron chi connectivity index (χ1n) is 7.96. The van der Waals surface area contributed by atoms with Crippen molar-refractivity contribution in [1.29, 1.82) is 0 Å². The van der Waals surface area contributed by atoms with Gasteiger partial charge in [-0.15, -0.1) is 0 Å². The summed E-state index contributed by atoms with van der Waals surface area (Å²) < 4.78 is 33.1. The molecule has 0 heterocycles. The quantitative estimate of drug-likeness (QED) is 0.550. The number of sulfonamides is 1. The molecule has 0 aliphatic heterocycles. The first-order chi connectivity index (χ1) is 12.6. The van der Waals surface area contributed by atoms with E-state index in [0.29, 0.717) is 17.9 Å². The smallest absolute Gasteiger partial charge is 0.271 e. The Hall–Kier alpha value is -3.14. The van der Waals surface area contributed by atoms with Crippen LogP contribution in [0, 0.1) is 17.0 Å². The predicted octanol–water partition coefficient (Wildman–Crippen LogP) is 3.06. The fraction of sp³-hybridized carbons (Fsp3) is 0.235. The molecule has 0 bridgehead atoms. The molecule has 2 aromatic rings. The number of hydrogen-bond donors (Lipinski definition) is 2. The molecule has 0 aliphatic rings. The number of nitrogens with zero attached hydrogens (tertiary/aromatic N) is 1. The Labute approximate surface area is 156 Å². The maximum Gasteiger partial charge on any atom is 0.271 e. The van der Waals surface area contributed by atoms with Crippen molar-refractivity contribution < 1.29 is 22.9 Å². The highest BCUT2D eigenvalue weighted by Crippen LogP contribution is 2.30. The van der Waals surface area contributed by atoms with E-state index in [-0.39, 0.29) is 27.9 Å². The Morgan fingerprint density at radius 2 is 1.89 bits per heavy atom. The SMILES string of the molecule is CCOc1ccc(S(=O)(=O)Nc2cc([N+](=O)[O-])ccc2C)cc1NC(C)=O. The van der Waals surface area contributed by atoms with Gasteiger partial charge >= 0.3 is 0 Å². The summed E-state index contributed by atoms with van der Waals surface area (Å²) in [7, 11) is -4.05. The fourth-order valence-corrected chi connectivity index (χ4v) is 3.43. The molecule has 0 unspecified atom stereocenters. The molecule has 0 saturated carbocycles. The Bertz CT molecular complexity index is 988. The van der Waals surface area contributed by atoms with Crippen molar-refractivity contribution in [2.24, 2.45) is 0 Å². The largest absolute Gasteiger partial charge is 0.492 e. The number of benzene rings is 2. The van der Waals surface area contributed by atoms with Gasteiger partial charge in [-0.05, 0) is 37.6 Å². The van der Waals surface area contributed by atoms with Gasteiger partial charge in [-0.1, -0.05) is 6.07 Å². The number of non-ortho nitro benzene ring substituents is 1. The minimum atomic E-state index is -4.05. The highest BCUT2D eigenvalue weighted by atomic mass is 32.2. The molecule has 0 radical (unpaired) electrons. The van der Waals surface area contributed by atoms with Gasteiger partial charge in [0.15, 0.2) is 0 Å². The van der Waals surface area contributed by atoms with Crippen LogP contribution >= 0.6 is 0 Å². The third kappa shape index (κ3) is 4.94. The highest BCUT2D eigenvalue weighted by Gasteiger charge is 2.20. The summed E-state index contributed by atoms with van der Waals surface area (Å²) in [5, 5.41) is 13.4. The van der Waals surface area contributed by atoms with Crippen LogP contribution in [0.4, 0.5) is 17.1 Å². The van der Waals surface area contributed by atoms with Gasteiger partial charge < -0.3 is 10.1 Å². The van der Waals surface area contributed by atoms with Crippen LogP contribution < -0.4 is 14.8 Å². The number of rotatable bonds is 7. The molecule has 0 aliphatic carbocycles. The van der Waals surface area contributed by atoms with Crippen molar-refractivity contribution in [1.82, 2.24) is 0 Å². The lowest BCUT2D eigenvalue weighted by Gasteiger charge is -2.14. The highest BCUT2D eigenvalue weighted by molar-refractivity contribution is 7.92. The molecule has 2 N–H and O–H groups in total. The van der Waals surface area contributed by atoms with Gasteiger partial charge in [0, 0.05) is 19.1 Å². The number of nitro benzene ring substituents is 1. The predicted molar refractivity (Wildman–Crippen MR) is 101 cm³/mol. The van der Waals surface area contributed by atoms with Crippen LogP contribution in [0.1, 0.15) is 19.4 Å². The van der Waals surface area contributed by atoms with Crippen LogP contribution in [0.2, 0.25) is 0 Å². The number of nitro groups is 1. The normalized spacial score (nSPS) is 10.9. The van der Waals surface area contributed by atoms with Gasteiger partial charge in [-0.25, -0.2) is 8.42 Å². The maximum atomic E-state index is 12.7. The van der Waals surface area contributed by atoms with Gasteiger partial charge in [0.1, 0.15) is 5.75 Å². The molecule has 2 rings (SSSR count). The van der Waals surface area contributed by atoms with E-state index in [9.17, 15) is 23.3 Å². The summed E-state index contributed by atoms with van der Waals surface area (Å²) in [5.74, 6) is -0.0498. The van der Waals surface area contributed by atoms with E-state index in [2.05, 4.69) is 10.0 Å². The van der Waals surface area contributed by atoms with Gasteiger partial charge in [0.25, 0.3) is 15.7 Å². The zero-order valence-corrected chi connectivity index (χ0v) is 15.8. The summed E-state index contributed by atoms with van der Waals surface area (Å²) >= 11 is 0. The number of nitrogens with one attached hydrogen (secondary N) is 2. The molecule has 10 heteroatoms. The number of carbonyl (C=O) groups is 1. The van der Waals surface area contributed by atoms with E-state index in [1.165, 1.54) is 37.3 Å². The van der Waals surface area contributed by atoms with E-state index >= 15 is 0 Å². The second-order valence-electron chi connectivity index (χ2n) is 5.63. The van der Waals surface area contributed by atoms with Crippen LogP contribution in [0.15, 0.2) is 41.3 Å². The molecule has 27 heavy (non-hydrogen) atoms. The number of carbonyl (C=O) groups excluding carboxylic acids is 1. The van der Waals surface area contributed by atoms with E-state index in [1.807, 2.05) is 0 Å². The minimum Gasteiger partial charge on any atom is -0.492 e. The number of hydrogen-bond acceptors (Lipinski definition) is 6. The topological polar surface area (TPSA) is 128 Å². The average molecular weight is 393 g/mol. The molecular formula is C17H19N3O6S. The standard InChI is InChI=1S/C17H19N3O6S/c1-4-26-17-8-7-14(10-16(17)18-12(3)21)27(24,25)19-15-9-13(20(22)23)6-5-11(15)2/h5-10,19H,4H2,1-3H3,(H,18,21). The Kier molecular flexibility index (Phi) is 6.01.